The second-order valence-corrected chi connectivity index (χ2v) is 3.89. The summed E-state index contributed by atoms with van der Waals surface area (Å²) in [6.07, 6.45) is 0.880. The zero-order chi connectivity index (χ0) is 11.4. The van der Waals surface area contributed by atoms with Crippen LogP contribution in [0.5, 0.6) is 0 Å². The molecule has 0 heterocycles. The predicted molar refractivity (Wildman–Crippen MR) is 70.0 cm³/mol. The van der Waals surface area contributed by atoms with Gasteiger partial charge in [0.1, 0.15) is 0 Å². The number of allylic oxidation sites excluding steroid dienone is 1. The minimum absolute atomic E-state index is 0.788. The van der Waals surface area contributed by atoms with Crippen LogP contribution in [0.15, 0.2) is 61.2 Å². The van der Waals surface area contributed by atoms with Crippen molar-refractivity contribution in [1.82, 2.24) is 0 Å². The van der Waals surface area contributed by atoms with Gasteiger partial charge in [-0.05, 0) is 35.3 Å². The summed E-state index contributed by atoms with van der Waals surface area (Å²) in [6.45, 7) is 4.11. The van der Waals surface area contributed by atoms with Crippen LogP contribution in [0.1, 0.15) is 11.1 Å². The van der Waals surface area contributed by atoms with E-state index in [-0.39, 0.29) is 0 Å². The first-order valence-corrected chi connectivity index (χ1v) is 5.33. The van der Waals surface area contributed by atoms with Crippen molar-refractivity contribution in [2.45, 2.75) is 6.42 Å². The van der Waals surface area contributed by atoms with E-state index in [0.29, 0.717) is 0 Å². The molecule has 0 saturated heterocycles. The Morgan fingerprint density at radius 1 is 0.938 bits per heavy atom. The molecule has 0 aliphatic heterocycles. The molecule has 2 aromatic rings. The summed E-state index contributed by atoms with van der Waals surface area (Å²) in [4.78, 5) is 0. The summed E-state index contributed by atoms with van der Waals surface area (Å²) < 4.78 is 0. The average molecular weight is 209 g/mol. The van der Waals surface area contributed by atoms with Gasteiger partial charge in [-0.15, -0.1) is 0 Å². The molecule has 0 saturated carbocycles. The predicted octanol–water partition coefficient (Wildman–Crippen LogP) is 3.52. The number of nitrogens with two attached hydrogens (primary N) is 1. The maximum absolute atomic E-state index is 5.65. The Bertz CT molecular complexity index is 469. The fourth-order valence-electron chi connectivity index (χ4n) is 1.66. The van der Waals surface area contributed by atoms with Crippen molar-refractivity contribution in [1.29, 1.82) is 0 Å². The van der Waals surface area contributed by atoms with Gasteiger partial charge in [-0.2, -0.15) is 0 Å². The topological polar surface area (TPSA) is 26.0 Å². The normalized spacial score (nSPS) is 10.0. The van der Waals surface area contributed by atoms with Crippen molar-refractivity contribution >= 4 is 11.3 Å². The Labute approximate surface area is 96.2 Å². The van der Waals surface area contributed by atoms with E-state index >= 15 is 0 Å². The molecule has 0 amide bonds. The third-order valence-corrected chi connectivity index (χ3v) is 2.58. The summed E-state index contributed by atoms with van der Waals surface area (Å²) in [7, 11) is 0. The van der Waals surface area contributed by atoms with E-state index in [2.05, 4.69) is 18.7 Å². The lowest BCUT2D eigenvalue weighted by atomic mass is 10.00. The maximum atomic E-state index is 5.65. The van der Waals surface area contributed by atoms with Gasteiger partial charge in [0.15, 0.2) is 0 Å². The number of rotatable bonds is 3. The molecule has 0 bridgehead atoms. The van der Waals surface area contributed by atoms with Crippen LogP contribution in [0.25, 0.3) is 5.57 Å². The molecular weight excluding hydrogens is 194 g/mol. The van der Waals surface area contributed by atoms with Crippen molar-refractivity contribution < 1.29 is 0 Å². The zero-order valence-electron chi connectivity index (χ0n) is 9.19. The Morgan fingerprint density at radius 2 is 1.56 bits per heavy atom. The van der Waals surface area contributed by atoms with Crippen LogP contribution in [0.3, 0.4) is 0 Å². The van der Waals surface area contributed by atoms with Crippen LogP contribution in [0.4, 0.5) is 5.69 Å². The lowest BCUT2D eigenvalue weighted by Crippen LogP contribution is -1.90. The second-order valence-electron chi connectivity index (χ2n) is 3.89. The molecular formula is C15H15N. The quantitative estimate of drug-likeness (QED) is 0.769. The Hall–Kier alpha value is -2.02. The molecule has 2 N–H and O–H groups in total. The van der Waals surface area contributed by atoms with Crippen molar-refractivity contribution in [3.05, 3.63) is 72.3 Å². The Morgan fingerprint density at radius 3 is 2.19 bits per heavy atom. The van der Waals surface area contributed by atoms with Crippen molar-refractivity contribution in [3.63, 3.8) is 0 Å². The molecule has 80 valence electrons. The maximum Gasteiger partial charge on any atom is 0.0314 e. The number of anilines is 1. The fraction of sp³-hybridized carbons (Fsp3) is 0.0667. The summed E-state index contributed by atoms with van der Waals surface area (Å²) in [5.74, 6) is 0. The Balaban J connectivity index is 2.12. The summed E-state index contributed by atoms with van der Waals surface area (Å²) in [5, 5.41) is 0. The molecule has 0 aliphatic carbocycles. The highest BCUT2D eigenvalue weighted by atomic mass is 14.5. The standard InChI is InChI=1S/C15H15N/c1-12(11-13-5-3-2-4-6-13)14-7-9-15(16)10-8-14/h2-10H,1,11,16H2. The molecule has 0 atom stereocenters. The van der Waals surface area contributed by atoms with Crippen LogP contribution >= 0.6 is 0 Å². The molecule has 0 fully saturated rings. The zero-order valence-corrected chi connectivity index (χ0v) is 9.19. The van der Waals surface area contributed by atoms with Gasteiger partial charge >= 0.3 is 0 Å². The van der Waals surface area contributed by atoms with Crippen molar-refractivity contribution in [2.75, 3.05) is 5.73 Å². The van der Waals surface area contributed by atoms with Gasteiger partial charge in [0.25, 0.3) is 0 Å². The highest BCUT2D eigenvalue weighted by Gasteiger charge is 1.99. The molecule has 0 aromatic heterocycles. The number of nitrogen functional groups attached to an aromatic ring is 1. The fourth-order valence-corrected chi connectivity index (χ4v) is 1.66. The molecule has 2 aromatic carbocycles. The highest BCUT2D eigenvalue weighted by Crippen LogP contribution is 2.18. The Kier molecular flexibility index (Phi) is 3.06. The van der Waals surface area contributed by atoms with Gasteiger partial charge in [-0.1, -0.05) is 49.0 Å². The third kappa shape index (κ3) is 2.51. The van der Waals surface area contributed by atoms with Gasteiger partial charge in [0.05, 0.1) is 0 Å². The molecule has 1 heteroatoms. The van der Waals surface area contributed by atoms with E-state index < -0.39 is 0 Å². The van der Waals surface area contributed by atoms with Gasteiger partial charge in [-0.25, -0.2) is 0 Å². The van der Waals surface area contributed by atoms with E-state index in [0.717, 1.165) is 23.2 Å². The molecule has 1 nitrogen and oxygen atoms in total. The second kappa shape index (κ2) is 4.67. The van der Waals surface area contributed by atoms with E-state index in [4.69, 9.17) is 5.73 Å². The van der Waals surface area contributed by atoms with Crippen LogP contribution < -0.4 is 5.73 Å². The monoisotopic (exact) mass is 209 g/mol. The first kappa shape index (κ1) is 10.5. The van der Waals surface area contributed by atoms with E-state index in [1.165, 1.54) is 5.56 Å². The summed E-state index contributed by atoms with van der Waals surface area (Å²) in [6, 6.07) is 18.2. The van der Waals surface area contributed by atoms with Gasteiger partial charge < -0.3 is 5.73 Å². The highest BCUT2D eigenvalue weighted by molar-refractivity contribution is 5.66. The molecule has 0 spiro atoms. The smallest absolute Gasteiger partial charge is 0.0314 e. The summed E-state index contributed by atoms with van der Waals surface area (Å²) in [5.41, 5.74) is 9.99. The molecule has 0 radical (unpaired) electrons. The van der Waals surface area contributed by atoms with Gasteiger partial charge in [0.2, 0.25) is 0 Å². The molecule has 0 unspecified atom stereocenters. The summed E-state index contributed by atoms with van der Waals surface area (Å²) >= 11 is 0. The first-order chi connectivity index (χ1) is 7.75. The van der Waals surface area contributed by atoms with Crippen LogP contribution in [0, 0.1) is 0 Å². The van der Waals surface area contributed by atoms with Gasteiger partial charge in [0, 0.05) is 5.69 Å². The minimum atomic E-state index is 0.788. The third-order valence-electron chi connectivity index (χ3n) is 2.58. The molecule has 16 heavy (non-hydrogen) atoms. The van der Waals surface area contributed by atoms with E-state index in [9.17, 15) is 0 Å². The van der Waals surface area contributed by atoms with E-state index in [1.54, 1.807) is 0 Å². The van der Waals surface area contributed by atoms with E-state index in [1.807, 2.05) is 42.5 Å². The first-order valence-electron chi connectivity index (χ1n) is 5.33. The minimum Gasteiger partial charge on any atom is -0.399 e. The number of hydrogen-bond donors (Lipinski definition) is 1. The molecule has 2 rings (SSSR count). The lowest BCUT2D eigenvalue weighted by molar-refractivity contribution is 1.29. The van der Waals surface area contributed by atoms with Crippen LogP contribution in [-0.2, 0) is 6.42 Å². The van der Waals surface area contributed by atoms with Crippen molar-refractivity contribution in [2.24, 2.45) is 0 Å². The lowest BCUT2D eigenvalue weighted by Gasteiger charge is -2.06. The largest absolute Gasteiger partial charge is 0.399 e. The number of benzene rings is 2. The number of hydrogen-bond acceptors (Lipinski definition) is 1. The van der Waals surface area contributed by atoms with Crippen molar-refractivity contribution in [3.8, 4) is 0 Å². The van der Waals surface area contributed by atoms with Crippen LogP contribution in [0.2, 0.25) is 0 Å². The SMILES string of the molecule is C=C(Cc1ccccc1)c1ccc(N)cc1. The van der Waals surface area contributed by atoms with Crippen LogP contribution in [-0.4, -0.2) is 0 Å². The molecule has 0 aliphatic rings. The van der Waals surface area contributed by atoms with Gasteiger partial charge in [-0.3, -0.25) is 0 Å². The average Bonchev–Trinajstić information content (AvgIpc) is 2.31.